The second-order valence-electron chi connectivity index (χ2n) is 5.02. The zero-order valence-corrected chi connectivity index (χ0v) is 15.1. The highest BCUT2D eigenvalue weighted by Gasteiger charge is 2.14. The number of halogens is 1. The van der Waals surface area contributed by atoms with Gasteiger partial charge in [-0.2, -0.15) is 0 Å². The first-order chi connectivity index (χ1) is 10.3. The molecule has 124 valence electrons. The van der Waals surface area contributed by atoms with E-state index in [4.69, 9.17) is 10.8 Å². The highest BCUT2D eigenvalue weighted by Crippen LogP contribution is 2.14. The molecule has 0 spiro atoms. The van der Waals surface area contributed by atoms with E-state index < -0.39 is 22.0 Å². The summed E-state index contributed by atoms with van der Waals surface area (Å²) in [4.78, 5) is 10.8. The molecule has 0 aliphatic heterocycles. The fourth-order valence-corrected chi connectivity index (χ4v) is 3.61. The van der Waals surface area contributed by atoms with Gasteiger partial charge >= 0.3 is 5.97 Å². The van der Waals surface area contributed by atoms with E-state index in [-0.39, 0.29) is 12.2 Å². The van der Waals surface area contributed by atoms with Crippen molar-refractivity contribution in [2.24, 2.45) is 5.73 Å². The molecule has 1 aromatic carbocycles. The van der Waals surface area contributed by atoms with Crippen LogP contribution >= 0.6 is 22.6 Å². The molecule has 1 aromatic rings. The van der Waals surface area contributed by atoms with Crippen LogP contribution in [0.2, 0.25) is 0 Å². The number of nitrogens with two attached hydrogens (primary N) is 1. The van der Waals surface area contributed by atoms with E-state index in [9.17, 15) is 13.2 Å². The molecule has 0 amide bonds. The van der Waals surface area contributed by atoms with E-state index in [1.165, 1.54) is 0 Å². The van der Waals surface area contributed by atoms with Crippen molar-refractivity contribution in [3.05, 3.63) is 29.8 Å². The number of hydrogen-bond acceptors (Lipinski definition) is 4. The molecular formula is C14H21IN2O4S. The standard InChI is InChI=1S/C14H21IN2O4S/c15-7-2-1-3-8-22(20,21)17-12-6-4-5-11(9-12)10-13(16)14(18)19/h4-6,9,13,17H,1-3,7-8,10,16H2,(H,18,19). The molecule has 0 bridgehead atoms. The largest absolute Gasteiger partial charge is 0.480 e. The van der Waals surface area contributed by atoms with Gasteiger partial charge in [-0.05, 0) is 41.4 Å². The van der Waals surface area contributed by atoms with Gasteiger partial charge in [0, 0.05) is 5.69 Å². The predicted molar refractivity (Wildman–Crippen MR) is 95.9 cm³/mol. The van der Waals surface area contributed by atoms with Crippen molar-refractivity contribution >= 4 is 44.3 Å². The SMILES string of the molecule is NC(Cc1cccc(NS(=O)(=O)CCCCCI)c1)C(=O)O. The van der Waals surface area contributed by atoms with Crippen molar-refractivity contribution in [3.8, 4) is 0 Å². The molecule has 4 N–H and O–H groups in total. The van der Waals surface area contributed by atoms with Crippen molar-refractivity contribution < 1.29 is 18.3 Å². The highest BCUT2D eigenvalue weighted by atomic mass is 127. The van der Waals surface area contributed by atoms with E-state index >= 15 is 0 Å². The summed E-state index contributed by atoms with van der Waals surface area (Å²) < 4.78 is 27.5. The normalized spacial score (nSPS) is 12.8. The minimum atomic E-state index is -3.38. The zero-order valence-electron chi connectivity index (χ0n) is 12.2. The fraction of sp³-hybridized carbons (Fsp3) is 0.500. The summed E-state index contributed by atoms with van der Waals surface area (Å²) in [5.74, 6) is -0.996. The molecule has 0 aliphatic rings. The molecule has 0 heterocycles. The number of carboxylic acid groups (broad SMARTS) is 1. The summed E-state index contributed by atoms with van der Waals surface area (Å²) in [6, 6.07) is 5.66. The van der Waals surface area contributed by atoms with Crippen LogP contribution in [-0.2, 0) is 21.2 Å². The molecule has 1 atom stereocenters. The van der Waals surface area contributed by atoms with Crippen molar-refractivity contribution in [2.75, 3.05) is 14.9 Å². The number of carbonyl (C=O) groups is 1. The number of nitrogens with one attached hydrogen (secondary N) is 1. The number of sulfonamides is 1. The van der Waals surface area contributed by atoms with Gasteiger partial charge < -0.3 is 10.8 Å². The number of hydrogen-bond donors (Lipinski definition) is 3. The van der Waals surface area contributed by atoms with Crippen LogP contribution in [0, 0.1) is 0 Å². The number of alkyl halides is 1. The number of carboxylic acids is 1. The molecular weight excluding hydrogens is 419 g/mol. The van der Waals surface area contributed by atoms with E-state index in [0.717, 1.165) is 17.3 Å². The molecule has 1 unspecified atom stereocenters. The molecule has 1 rings (SSSR count). The van der Waals surface area contributed by atoms with Crippen LogP contribution in [0.3, 0.4) is 0 Å². The Labute approximate surface area is 144 Å². The van der Waals surface area contributed by atoms with Crippen molar-refractivity contribution in [1.29, 1.82) is 0 Å². The summed E-state index contributed by atoms with van der Waals surface area (Å²) in [5.41, 5.74) is 6.60. The van der Waals surface area contributed by atoms with Gasteiger partial charge in [-0.15, -0.1) is 0 Å². The lowest BCUT2D eigenvalue weighted by molar-refractivity contribution is -0.138. The fourth-order valence-electron chi connectivity index (χ4n) is 1.90. The van der Waals surface area contributed by atoms with Crippen LogP contribution in [0.1, 0.15) is 24.8 Å². The smallest absolute Gasteiger partial charge is 0.320 e. The second-order valence-corrected chi connectivity index (χ2v) is 7.94. The third-order valence-electron chi connectivity index (χ3n) is 3.02. The lowest BCUT2D eigenvalue weighted by Gasteiger charge is -2.11. The maximum Gasteiger partial charge on any atom is 0.320 e. The quantitative estimate of drug-likeness (QED) is 0.293. The first-order valence-corrected chi connectivity index (χ1v) is 10.2. The first-order valence-electron chi connectivity index (χ1n) is 6.98. The first kappa shape index (κ1) is 19.2. The summed E-state index contributed by atoms with van der Waals surface area (Å²) in [6.45, 7) is 0. The van der Waals surface area contributed by atoms with E-state index in [1.807, 2.05) is 0 Å². The van der Waals surface area contributed by atoms with Gasteiger partial charge in [0.1, 0.15) is 6.04 Å². The van der Waals surface area contributed by atoms with Crippen LogP contribution < -0.4 is 10.5 Å². The average Bonchev–Trinajstić information content (AvgIpc) is 2.43. The van der Waals surface area contributed by atoms with Crippen LogP contribution in [0.25, 0.3) is 0 Å². The Hall–Kier alpha value is -0.870. The third-order valence-corrected chi connectivity index (χ3v) is 5.16. The molecule has 0 saturated carbocycles. The second kappa shape index (κ2) is 9.31. The monoisotopic (exact) mass is 440 g/mol. The average molecular weight is 440 g/mol. The number of unbranched alkanes of at least 4 members (excludes halogenated alkanes) is 2. The van der Waals surface area contributed by atoms with Gasteiger partial charge in [0.2, 0.25) is 10.0 Å². The number of rotatable bonds is 10. The molecule has 0 aliphatic carbocycles. The number of benzene rings is 1. The Balaban J connectivity index is 2.63. The highest BCUT2D eigenvalue weighted by molar-refractivity contribution is 14.1. The van der Waals surface area contributed by atoms with Gasteiger partial charge in [0.15, 0.2) is 0 Å². The van der Waals surface area contributed by atoms with Crippen LogP contribution in [0.4, 0.5) is 5.69 Å². The van der Waals surface area contributed by atoms with Crippen LogP contribution in [0.15, 0.2) is 24.3 Å². The Morgan fingerprint density at radius 1 is 1.32 bits per heavy atom. The van der Waals surface area contributed by atoms with Gasteiger partial charge in [-0.1, -0.05) is 41.1 Å². The van der Waals surface area contributed by atoms with Crippen molar-refractivity contribution in [1.82, 2.24) is 0 Å². The summed E-state index contributed by atoms with van der Waals surface area (Å²) in [7, 11) is -3.38. The van der Waals surface area contributed by atoms with Crippen molar-refractivity contribution in [3.63, 3.8) is 0 Å². The molecule has 22 heavy (non-hydrogen) atoms. The Morgan fingerprint density at radius 2 is 2.05 bits per heavy atom. The van der Waals surface area contributed by atoms with Crippen molar-refractivity contribution in [2.45, 2.75) is 31.7 Å². The lowest BCUT2D eigenvalue weighted by Crippen LogP contribution is -2.32. The molecule has 0 aromatic heterocycles. The maximum absolute atomic E-state index is 12.0. The number of anilines is 1. The van der Waals surface area contributed by atoms with Gasteiger partial charge in [0.05, 0.1) is 5.75 Å². The number of aliphatic carboxylic acids is 1. The third kappa shape index (κ3) is 7.41. The lowest BCUT2D eigenvalue weighted by atomic mass is 10.1. The van der Waals surface area contributed by atoms with E-state index in [1.54, 1.807) is 24.3 Å². The summed E-state index contributed by atoms with van der Waals surface area (Å²) in [5, 5.41) is 8.80. The molecule has 0 radical (unpaired) electrons. The van der Waals surface area contributed by atoms with Gasteiger partial charge in [-0.25, -0.2) is 8.42 Å². The van der Waals surface area contributed by atoms with Crippen LogP contribution in [0.5, 0.6) is 0 Å². The van der Waals surface area contributed by atoms with Gasteiger partial charge in [-0.3, -0.25) is 9.52 Å². The summed E-state index contributed by atoms with van der Waals surface area (Å²) >= 11 is 2.27. The Morgan fingerprint density at radius 3 is 2.68 bits per heavy atom. The topological polar surface area (TPSA) is 109 Å². The van der Waals surface area contributed by atoms with Crippen LogP contribution in [-0.4, -0.2) is 35.7 Å². The minimum absolute atomic E-state index is 0.0858. The minimum Gasteiger partial charge on any atom is -0.480 e. The van der Waals surface area contributed by atoms with Gasteiger partial charge in [0.25, 0.3) is 0 Å². The van der Waals surface area contributed by atoms with E-state index in [0.29, 0.717) is 17.7 Å². The molecule has 8 heteroatoms. The molecule has 0 fully saturated rings. The Kier molecular flexibility index (Phi) is 8.12. The molecule has 0 saturated heterocycles. The maximum atomic E-state index is 12.0. The van der Waals surface area contributed by atoms with E-state index in [2.05, 4.69) is 27.3 Å². The molecule has 6 nitrogen and oxygen atoms in total. The predicted octanol–water partition coefficient (Wildman–Crippen LogP) is 1.99. The Bertz CT molecular complexity index is 592. The summed E-state index contributed by atoms with van der Waals surface area (Å²) in [6.07, 6.45) is 2.68. The zero-order chi connectivity index (χ0) is 16.6.